The Kier molecular flexibility index (Phi) is 13.6. The molecule has 65 heavy (non-hydrogen) atoms. The SMILES string of the molecule is COc1cc([C@H]2Oc3c(O)cc4oc5cc(O)c([C@@H]6O[C@H](CO)[C@@H](O)[C@H](O)[C@H]6O[C@@H]6[C@@H](O)[C@H](COC(=O)/C(=C/CCO)CO)OC[C@H]6O)c(O)c5c(=O)c4c3[C@@H]2C(=O)O)cc(OC)c1O. The number of rotatable bonds is 14. The van der Waals surface area contributed by atoms with Crippen LogP contribution >= 0.6 is 0 Å². The van der Waals surface area contributed by atoms with Gasteiger partial charge in [-0.25, -0.2) is 4.79 Å². The van der Waals surface area contributed by atoms with Gasteiger partial charge < -0.3 is 98.9 Å². The highest BCUT2D eigenvalue weighted by atomic mass is 16.6. The first-order chi connectivity index (χ1) is 31.0. The van der Waals surface area contributed by atoms with Crippen molar-refractivity contribution in [2.45, 2.75) is 73.4 Å². The molecule has 7 rings (SSSR count). The summed E-state index contributed by atoms with van der Waals surface area (Å²) in [7, 11) is 2.47. The van der Waals surface area contributed by atoms with Crippen molar-refractivity contribution in [2.75, 3.05) is 47.3 Å². The molecule has 2 fully saturated rings. The van der Waals surface area contributed by atoms with Crippen LogP contribution in [0.15, 0.2) is 45.1 Å². The summed E-state index contributed by atoms with van der Waals surface area (Å²) >= 11 is 0. The molecule has 0 spiro atoms. The van der Waals surface area contributed by atoms with Gasteiger partial charge in [-0.1, -0.05) is 6.08 Å². The average Bonchev–Trinajstić information content (AvgIpc) is 3.68. The van der Waals surface area contributed by atoms with Gasteiger partial charge in [0.1, 0.15) is 102 Å². The van der Waals surface area contributed by atoms with E-state index < -0.39 is 173 Å². The summed E-state index contributed by atoms with van der Waals surface area (Å²) in [5.41, 5.74) is -3.26. The second-order valence-corrected chi connectivity index (χ2v) is 15.4. The molecule has 11 atom stereocenters. The van der Waals surface area contributed by atoms with Crippen molar-refractivity contribution in [1.82, 2.24) is 0 Å². The standard InChI is InChI=1S/C42H46O23/c1-58-21-6-15(7-22(59-2)30(21)49)36-29(41(55)56)28-26-19(9-17(47)37(28)64-36)62-20-8-16(46)25(33(52)27(20)34(26)53)39-40(35(54)31(50)23(11-45)63-39)65-38-18(48)12-60-24(32(38)51)13-61-42(57)14(10-44)4-3-5-43/h4,6-9,18,23-24,29,31-32,35-36,38-40,43-52,54H,3,5,10-13H2,1-2H3,(H,55,56)/b14-4+/t18-,23-,24+,29+,31-,32+,35+,36-,38+,39+,40-/m1/s1. The minimum Gasteiger partial charge on any atom is -0.507 e. The van der Waals surface area contributed by atoms with Crippen LogP contribution in [0.3, 0.4) is 0 Å². The number of benzene rings is 3. The van der Waals surface area contributed by atoms with Crippen LogP contribution in [0.1, 0.15) is 41.2 Å². The maximum atomic E-state index is 14.7. The molecule has 352 valence electrons. The van der Waals surface area contributed by atoms with Gasteiger partial charge in [0.2, 0.25) is 11.2 Å². The van der Waals surface area contributed by atoms with Gasteiger partial charge in [0.05, 0.1) is 50.6 Å². The molecule has 23 heteroatoms. The fraction of sp³-hybridized carbons (Fsp3) is 0.452. The zero-order valence-electron chi connectivity index (χ0n) is 34.3. The smallest absolute Gasteiger partial charge is 0.336 e. The van der Waals surface area contributed by atoms with Gasteiger partial charge in [-0.05, 0) is 18.6 Å². The quantitative estimate of drug-likeness (QED) is 0.0408. The molecule has 0 saturated carbocycles. The second-order valence-electron chi connectivity index (χ2n) is 15.4. The molecule has 23 nitrogen and oxygen atoms in total. The minimum absolute atomic E-state index is 0.0250. The van der Waals surface area contributed by atoms with Gasteiger partial charge in [-0.15, -0.1) is 0 Å². The number of methoxy groups -OCH3 is 2. The molecule has 12 N–H and O–H groups in total. The Labute approximate surface area is 365 Å². The number of phenols is 4. The molecular formula is C42H46O23. The fourth-order valence-corrected chi connectivity index (χ4v) is 8.32. The molecule has 0 unspecified atom stereocenters. The van der Waals surface area contributed by atoms with E-state index in [1.807, 2.05) is 0 Å². The van der Waals surface area contributed by atoms with Crippen LogP contribution in [-0.4, -0.2) is 169 Å². The van der Waals surface area contributed by atoms with Crippen LogP contribution in [0, 0.1) is 0 Å². The van der Waals surface area contributed by atoms with Gasteiger partial charge >= 0.3 is 11.9 Å². The van der Waals surface area contributed by atoms with E-state index in [9.17, 15) is 70.6 Å². The Morgan fingerprint density at radius 1 is 0.800 bits per heavy atom. The van der Waals surface area contributed by atoms with Crippen molar-refractivity contribution in [2.24, 2.45) is 0 Å². The minimum atomic E-state index is -2.08. The fourth-order valence-electron chi connectivity index (χ4n) is 8.32. The number of esters is 1. The van der Waals surface area contributed by atoms with Crippen LogP contribution in [0.4, 0.5) is 0 Å². The summed E-state index contributed by atoms with van der Waals surface area (Å²) in [5, 5.41) is 128. The molecule has 4 heterocycles. The molecule has 3 aliphatic heterocycles. The molecule has 3 aliphatic rings. The second kappa shape index (κ2) is 18.9. The first-order valence-electron chi connectivity index (χ1n) is 19.9. The Bertz CT molecular complexity index is 2530. The number of carbonyl (C=O) groups is 2. The number of carbonyl (C=O) groups excluding carboxylic acids is 1. The number of carboxylic acid groups (broad SMARTS) is 1. The predicted octanol–water partition coefficient (Wildman–Crippen LogP) is -1.04. The highest BCUT2D eigenvalue weighted by molar-refractivity contribution is 6.00. The number of aliphatic hydroxyl groups excluding tert-OH is 7. The van der Waals surface area contributed by atoms with Gasteiger partial charge in [-0.3, -0.25) is 9.59 Å². The lowest BCUT2D eigenvalue weighted by molar-refractivity contribution is -0.288. The summed E-state index contributed by atoms with van der Waals surface area (Å²) in [6.07, 6.45) is -16.5. The van der Waals surface area contributed by atoms with E-state index in [1.54, 1.807) is 0 Å². The van der Waals surface area contributed by atoms with Crippen molar-refractivity contribution in [3.05, 3.63) is 62.8 Å². The van der Waals surface area contributed by atoms with Crippen molar-refractivity contribution in [1.29, 1.82) is 0 Å². The first kappa shape index (κ1) is 47.0. The van der Waals surface area contributed by atoms with Gasteiger partial charge in [0.25, 0.3) is 0 Å². The lowest BCUT2D eigenvalue weighted by Gasteiger charge is -2.46. The lowest BCUT2D eigenvalue weighted by atomic mass is 9.87. The number of aromatic hydroxyl groups is 4. The summed E-state index contributed by atoms with van der Waals surface area (Å²) in [6, 6.07) is 4.32. The Morgan fingerprint density at radius 3 is 2.08 bits per heavy atom. The monoisotopic (exact) mass is 918 g/mol. The molecule has 0 amide bonds. The summed E-state index contributed by atoms with van der Waals surface area (Å²) < 4.78 is 44.8. The number of phenolic OH excluding ortho intramolecular Hbond substituents is 4. The number of aliphatic hydroxyl groups is 7. The highest BCUT2D eigenvalue weighted by Crippen LogP contribution is 2.55. The van der Waals surface area contributed by atoms with Crippen LogP contribution in [0.5, 0.6) is 40.2 Å². The number of carboxylic acids is 1. The third kappa shape index (κ3) is 8.31. The van der Waals surface area contributed by atoms with Gasteiger partial charge in [0, 0.05) is 29.9 Å². The van der Waals surface area contributed by atoms with E-state index in [-0.39, 0.29) is 35.7 Å². The number of hydrogen-bond acceptors (Lipinski definition) is 22. The number of ether oxygens (including phenoxy) is 7. The van der Waals surface area contributed by atoms with E-state index in [1.165, 1.54) is 32.4 Å². The first-order valence-corrected chi connectivity index (χ1v) is 19.9. The average molecular weight is 919 g/mol. The maximum Gasteiger partial charge on any atom is 0.336 e. The predicted molar refractivity (Wildman–Crippen MR) is 215 cm³/mol. The molecule has 3 aromatic carbocycles. The topological polar surface area (TPSA) is 372 Å². The number of aliphatic carboxylic acids is 1. The van der Waals surface area contributed by atoms with Gasteiger partial charge in [0.15, 0.2) is 23.0 Å². The van der Waals surface area contributed by atoms with E-state index in [4.69, 9.17) is 42.7 Å². The lowest BCUT2D eigenvalue weighted by Crippen LogP contribution is -2.61. The molecule has 0 aliphatic carbocycles. The van der Waals surface area contributed by atoms with Crippen LogP contribution in [0.2, 0.25) is 0 Å². The summed E-state index contributed by atoms with van der Waals surface area (Å²) in [4.78, 5) is 40.3. The number of hydrogen-bond donors (Lipinski definition) is 12. The summed E-state index contributed by atoms with van der Waals surface area (Å²) in [6.45, 7) is -3.22. The zero-order chi connectivity index (χ0) is 47.2. The van der Waals surface area contributed by atoms with Crippen LogP contribution in [-0.2, 0) is 28.5 Å². The van der Waals surface area contributed by atoms with Crippen LogP contribution < -0.4 is 19.6 Å². The molecule has 1 aromatic heterocycles. The molecule has 0 bridgehead atoms. The maximum absolute atomic E-state index is 14.7. The Morgan fingerprint density at radius 2 is 1.46 bits per heavy atom. The molecular weight excluding hydrogens is 872 g/mol. The molecule has 2 saturated heterocycles. The third-order valence-electron chi connectivity index (χ3n) is 11.5. The normalized spacial score (nSPS) is 27.9. The number of fused-ring (bicyclic) bond motifs is 4. The van der Waals surface area contributed by atoms with E-state index >= 15 is 0 Å². The van der Waals surface area contributed by atoms with Crippen LogP contribution in [0.25, 0.3) is 21.9 Å². The summed E-state index contributed by atoms with van der Waals surface area (Å²) in [5.74, 6) is -8.09. The highest BCUT2D eigenvalue weighted by Gasteiger charge is 2.52. The van der Waals surface area contributed by atoms with E-state index in [0.717, 1.165) is 12.1 Å². The van der Waals surface area contributed by atoms with E-state index in [2.05, 4.69) is 0 Å². The van der Waals surface area contributed by atoms with E-state index in [0.29, 0.717) is 0 Å². The molecule has 4 aromatic rings. The van der Waals surface area contributed by atoms with Crippen molar-refractivity contribution < 1.29 is 108 Å². The Balaban J connectivity index is 1.31. The molecule has 0 radical (unpaired) electrons. The zero-order valence-corrected chi connectivity index (χ0v) is 34.3. The Hall–Kier alpha value is -5.99. The van der Waals surface area contributed by atoms with Crippen molar-refractivity contribution >= 4 is 33.9 Å². The third-order valence-corrected chi connectivity index (χ3v) is 11.5. The largest absolute Gasteiger partial charge is 0.507 e. The van der Waals surface area contributed by atoms with Crippen molar-refractivity contribution in [3.8, 4) is 40.2 Å². The van der Waals surface area contributed by atoms with Crippen molar-refractivity contribution in [3.63, 3.8) is 0 Å². The van der Waals surface area contributed by atoms with Gasteiger partial charge in [-0.2, -0.15) is 0 Å².